The number of piperidine rings is 1. The van der Waals surface area contributed by atoms with Crippen molar-refractivity contribution >= 4 is 11.7 Å². The van der Waals surface area contributed by atoms with Crippen LogP contribution < -0.4 is 9.47 Å². The van der Waals surface area contributed by atoms with Crippen molar-refractivity contribution in [3.8, 4) is 11.5 Å². The number of hydrogen-bond acceptors (Lipinski definition) is 6. The van der Waals surface area contributed by atoms with E-state index in [1.807, 2.05) is 13.8 Å². The standard InChI is InChI=1S/C22H26N2O5/c1-13(2)21-19(14(3)23-29-21)22(26)24-8-6-15(7-9-24)20(25)16-4-5-17-18(12-16)28-11-10-27-17/h4-5,12-13,15H,6-11H2,1-3H3. The van der Waals surface area contributed by atoms with E-state index in [0.29, 0.717) is 73.2 Å². The summed E-state index contributed by atoms with van der Waals surface area (Å²) >= 11 is 0. The zero-order valence-corrected chi connectivity index (χ0v) is 17.1. The van der Waals surface area contributed by atoms with E-state index in [2.05, 4.69) is 5.16 Å². The number of carbonyl (C=O) groups excluding carboxylic acids is 2. The number of aromatic nitrogens is 1. The van der Waals surface area contributed by atoms with Crippen molar-refractivity contribution in [2.24, 2.45) is 5.92 Å². The minimum Gasteiger partial charge on any atom is -0.486 e. The number of benzene rings is 1. The van der Waals surface area contributed by atoms with Gasteiger partial charge in [-0.2, -0.15) is 0 Å². The van der Waals surface area contributed by atoms with Gasteiger partial charge < -0.3 is 18.9 Å². The van der Waals surface area contributed by atoms with Crippen LogP contribution in [0.2, 0.25) is 0 Å². The minimum atomic E-state index is -0.102. The molecule has 1 saturated heterocycles. The first-order valence-corrected chi connectivity index (χ1v) is 10.1. The Hall–Kier alpha value is -2.83. The fourth-order valence-corrected chi connectivity index (χ4v) is 3.98. The zero-order valence-electron chi connectivity index (χ0n) is 17.1. The van der Waals surface area contributed by atoms with Crippen molar-refractivity contribution in [2.75, 3.05) is 26.3 Å². The van der Waals surface area contributed by atoms with Crippen molar-refractivity contribution in [3.05, 3.63) is 40.8 Å². The van der Waals surface area contributed by atoms with E-state index in [9.17, 15) is 9.59 Å². The summed E-state index contributed by atoms with van der Waals surface area (Å²) in [5, 5.41) is 3.97. The molecule has 1 fully saturated rings. The number of aryl methyl sites for hydroxylation is 1. The molecule has 4 rings (SSSR count). The van der Waals surface area contributed by atoms with Gasteiger partial charge in [-0.25, -0.2) is 0 Å². The monoisotopic (exact) mass is 398 g/mol. The SMILES string of the molecule is Cc1noc(C(C)C)c1C(=O)N1CCC(C(=O)c2ccc3c(c2)OCCO3)CC1. The summed E-state index contributed by atoms with van der Waals surface area (Å²) in [5.41, 5.74) is 1.82. The number of Topliss-reactive ketones (excluding diaryl/α,β-unsaturated/α-hetero) is 1. The minimum absolute atomic E-state index is 0.0577. The van der Waals surface area contributed by atoms with Gasteiger partial charge >= 0.3 is 0 Å². The fourth-order valence-electron chi connectivity index (χ4n) is 3.98. The number of hydrogen-bond donors (Lipinski definition) is 0. The number of fused-ring (bicyclic) bond motifs is 1. The molecular weight excluding hydrogens is 372 g/mol. The van der Waals surface area contributed by atoms with Crippen LogP contribution in [0.3, 0.4) is 0 Å². The van der Waals surface area contributed by atoms with Gasteiger partial charge in [-0.3, -0.25) is 9.59 Å². The van der Waals surface area contributed by atoms with E-state index in [0.717, 1.165) is 0 Å². The molecule has 0 aliphatic carbocycles. The lowest BCUT2D eigenvalue weighted by Crippen LogP contribution is -2.40. The van der Waals surface area contributed by atoms with Gasteiger partial charge in [0.15, 0.2) is 23.0 Å². The Morgan fingerprint density at radius 1 is 1.10 bits per heavy atom. The molecule has 1 amide bonds. The van der Waals surface area contributed by atoms with Crippen LogP contribution in [-0.2, 0) is 0 Å². The van der Waals surface area contributed by atoms with E-state index < -0.39 is 0 Å². The molecule has 0 saturated carbocycles. The lowest BCUT2D eigenvalue weighted by molar-refractivity contribution is 0.0647. The molecule has 2 aliphatic rings. The Kier molecular flexibility index (Phi) is 5.30. The van der Waals surface area contributed by atoms with Gasteiger partial charge in [0.2, 0.25) is 0 Å². The Balaban J connectivity index is 1.42. The lowest BCUT2D eigenvalue weighted by Gasteiger charge is -2.31. The lowest BCUT2D eigenvalue weighted by atomic mass is 9.88. The van der Waals surface area contributed by atoms with E-state index in [1.54, 1.807) is 30.0 Å². The van der Waals surface area contributed by atoms with Gasteiger partial charge in [0, 0.05) is 30.5 Å². The maximum absolute atomic E-state index is 13.0. The van der Waals surface area contributed by atoms with Crippen LogP contribution in [0, 0.1) is 12.8 Å². The average molecular weight is 398 g/mol. The van der Waals surface area contributed by atoms with Crippen LogP contribution in [0.25, 0.3) is 0 Å². The fraction of sp³-hybridized carbons (Fsp3) is 0.500. The molecule has 3 heterocycles. The van der Waals surface area contributed by atoms with Gasteiger partial charge in [0.1, 0.15) is 18.8 Å². The first kappa shape index (κ1) is 19.5. The Labute approximate surface area is 169 Å². The molecule has 29 heavy (non-hydrogen) atoms. The Bertz CT molecular complexity index is 925. The molecule has 0 bridgehead atoms. The zero-order chi connectivity index (χ0) is 20.5. The average Bonchev–Trinajstić information content (AvgIpc) is 3.14. The molecule has 7 heteroatoms. The molecule has 0 radical (unpaired) electrons. The summed E-state index contributed by atoms with van der Waals surface area (Å²) in [5.74, 6) is 1.95. The predicted molar refractivity (Wildman–Crippen MR) is 106 cm³/mol. The molecule has 2 aliphatic heterocycles. The van der Waals surface area contributed by atoms with Crippen LogP contribution >= 0.6 is 0 Å². The number of rotatable bonds is 4. The second-order valence-corrected chi connectivity index (χ2v) is 7.95. The van der Waals surface area contributed by atoms with Crippen molar-refractivity contribution in [3.63, 3.8) is 0 Å². The number of carbonyl (C=O) groups is 2. The van der Waals surface area contributed by atoms with Crippen LogP contribution in [0.4, 0.5) is 0 Å². The third kappa shape index (κ3) is 3.73. The number of likely N-dealkylation sites (tertiary alicyclic amines) is 1. The summed E-state index contributed by atoms with van der Waals surface area (Å²) in [6.45, 7) is 7.86. The number of ether oxygens (including phenoxy) is 2. The topological polar surface area (TPSA) is 81.9 Å². The van der Waals surface area contributed by atoms with Crippen LogP contribution in [0.5, 0.6) is 11.5 Å². The molecule has 0 spiro atoms. The molecule has 1 aromatic heterocycles. The second-order valence-electron chi connectivity index (χ2n) is 7.95. The highest BCUT2D eigenvalue weighted by Crippen LogP contribution is 2.33. The molecule has 0 N–H and O–H groups in total. The highest BCUT2D eigenvalue weighted by Gasteiger charge is 2.32. The van der Waals surface area contributed by atoms with Crippen molar-refractivity contribution in [2.45, 2.75) is 39.5 Å². The first-order valence-electron chi connectivity index (χ1n) is 10.1. The van der Waals surface area contributed by atoms with E-state index in [1.165, 1.54) is 0 Å². The second kappa shape index (κ2) is 7.89. The van der Waals surface area contributed by atoms with Crippen LogP contribution in [0.15, 0.2) is 22.7 Å². The summed E-state index contributed by atoms with van der Waals surface area (Å²) in [4.78, 5) is 27.8. The molecule has 154 valence electrons. The van der Waals surface area contributed by atoms with Gasteiger partial charge in [-0.1, -0.05) is 19.0 Å². The van der Waals surface area contributed by atoms with Crippen molar-refractivity contribution in [1.82, 2.24) is 10.1 Å². The first-order chi connectivity index (χ1) is 14.0. The van der Waals surface area contributed by atoms with Gasteiger partial charge in [0.25, 0.3) is 5.91 Å². The van der Waals surface area contributed by atoms with E-state index in [4.69, 9.17) is 14.0 Å². The number of ketones is 1. The Morgan fingerprint density at radius 3 is 2.48 bits per heavy atom. The number of amides is 1. The maximum Gasteiger partial charge on any atom is 0.259 e. The van der Waals surface area contributed by atoms with E-state index in [-0.39, 0.29) is 23.5 Å². The predicted octanol–water partition coefficient (Wildman–Crippen LogP) is 3.61. The smallest absolute Gasteiger partial charge is 0.259 e. The quantitative estimate of drug-likeness (QED) is 0.732. The highest BCUT2D eigenvalue weighted by atomic mass is 16.6. The molecule has 0 atom stereocenters. The normalized spacial score (nSPS) is 16.9. The summed E-state index contributed by atoms with van der Waals surface area (Å²) < 4.78 is 16.5. The van der Waals surface area contributed by atoms with Crippen molar-refractivity contribution < 1.29 is 23.6 Å². The number of nitrogens with zero attached hydrogens (tertiary/aromatic N) is 2. The van der Waals surface area contributed by atoms with Crippen LogP contribution in [0.1, 0.15) is 64.8 Å². The van der Waals surface area contributed by atoms with Gasteiger partial charge in [0.05, 0.1) is 5.69 Å². The third-order valence-corrected chi connectivity index (χ3v) is 5.61. The van der Waals surface area contributed by atoms with Gasteiger partial charge in [-0.15, -0.1) is 0 Å². The molecule has 0 unspecified atom stereocenters. The molecule has 7 nitrogen and oxygen atoms in total. The third-order valence-electron chi connectivity index (χ3n) is 5.61. The largest absolute Gasteiger partial charge is 0.486 e. The Morgan fingerprint density at radius 2 is 1.79 bits per heavy atom. The molecule has 2 aromatic rings. The van der Waals surface area contributed by atoms with Gasteiger partial charge in [-0.05, 0) is 38.0 Å². The summed E-state index contributed by atoms with van der Waals surface area (Å²) in [6.07, 6.45) is 1.28. The molecule has 1 aromatic carbocycles. The summed E-state index contributed by atoms with van der Waals surface area (Å²) in [7, 11) is 0. The van der Waals surface area contributed by atoms with Crippen LogP contribution in [-0.4, -0.2) is 48.1 Å². The summed E-state index contributed by atoms with van der Waals surface area (Å²) in [6, 6.07) is 5.36. The van der Waals surface area contributed by atoms with E-state index >= 15 is 0 Å². The highest BCUT2D eigenvalue weighted by molar-refractivity contribution is 5.99. The maximum atomic E-state index is 13.0. The molecular formula is C22H26N2O5. The van der Waals surface area contributed by atoms with Crippen molar-refractivity contribution in [1.29, 1.82) is 0 Å².